The monoisotopic (exact) mass is 292 g/mol. The highest BCUT2D eigenvalue weighted by atomic mass is 32.1. The van der Waals surface area contributed by atoms with Crippen molar-refractivity contribution in [1.29, 1.82) is 0 Å². The Balaban J connectivity index is 2.26. The van der Waals surface area contributed by atoms with Crippen LogP contribution in [0.5, 0.6) is 5.75 Å². The van der Waals surface area contributed by atoms with E-state index in [9.17, 15) is 0 Å². The van der Waals surface area contributed by atoms with E-state index in [4.69, 9.17) is 22.7 Å². The molecular formula is C16H24N2OS. The second-order valence-electron chi connectivity index (χ2n) is 5.69. The van der Waals surface area contributed by atoms with Crippen molar-refractivity contribution >= 4 is 17.2 Å². The smallest absolute Gasteiger partial charge is 0.123 e. The molecule has 1 aliphatic heterocycles. The van der Waals surface area contributed by atoms with Gasteiger partial charge in [-0.15, -0.1) is 0 Å². The third-order valence-electron chi connectivity index (χ3n) is 4.29. The number of thiocarbonyl (C=S) groups is 1. The maximum absolute atomic E-state index is 5.74. The number of ether oxygens (including phenoxy) is 1. The number of nitrogens with zero attached hydrogens (tertiary/aromatic N) is 1. The first-order chi connectivity index (χ1) is 9.52. The molecule has 2 rings (SSSR count). The first-order valence-corrected chi connectivity index (χ1v) is 7.66. The summed E-state index contributed by atoms with van der Waals surface area (Å²) in [7, 11) is 1.71. The van der Waals surface area contributed by atoms with Crippen LogP contribution in [0, 0.1) is 0 Å². The Hall–Kier alpha value is -1.13. The fourth-order valence-corrected chi connectivity index (χ4v) is 3.17. The van der Waals surface area contributed by atoms with Crippen LogP contribution in [0.25, 0.3) is 0 Å². The summed E-state index contributed by atoms with van der Waals surface area (Å²) in [5, 5.41) is 0. The minimum absolute atomic E-state index is 0.439. The van der Waals surface area contributed by atoms with Crippen LogP contribution in [0.1, 0.15) is 44.2 Å². The zero-order valence-electron chi connectivity index (χ0n) is 12.6. The molecule has 1 aromatic carbocycles. The molecule has 1 heterocycles. The van der Waals surface area contributed by atoms with E-state index in [1.807, 2.05) is 12.1 Å². The first-order valence-electron chi connectivity index (χ1n) is 7.25. The fraction of sp³-hybridized carbons (Fsp3) is 0.562. The molecule has 110 valence electrons. The van der Waals surface area contributed by atoms with Gasteiger partial charge in [0, 0.05) is 29.8 Å². The molecule has 2 atom stereocenters. The minimum Gasteiger partial charge on any atom is -0.496 e. The molecule has 3 nitrogen and oxygen atoms in total. The maximum atomic E-state index is 5.74. The summed E-state index contributed by atoms with van der Waals surface area (Å²) >= 11 is 5.08. The third kappa shape index (κ3) is 3.30. The quantitative estimate of drug-likeness (QED) is 0.866. The van der Waals surface area contributed by atoms with Crippen molar-refractivity contribution in [3.05, 3.63) is 29.3 Å². The van der Waals surface area contributed by atoms with Gasteiger partial charge in [-0.1, -0.05) is 18.6 Å². The second-order valence-corrected chi connectivity index (χ2v) is 6.13. The summed E-state index contributed by atoms with van der Waals surface area (Å²) in [6.07, 6.45) is 3.85. The zero-order chi connectivity index (χ0) is 14.7. The highest BCUT2D eigenvalue weighted by molar-refractivity contribution is 7.80. The Bertz CT molecular complexity index is 479. The Labute approximate surface area is 127 Å². The average molecular weight is 292 g/mol. The lowest BCUT2D eigenvalue weighted by atomic mass is 9.96. The molecule has 0 spiro atoms. The molecular weight excluding hydrogens is 268 g/mol. The SMILES string of the molecule is COc1ccc(C(N)=S)cc1CN1[C@H](C)CCC[C@@H]1C. The molecule has 2 N–H and O–H groups in total. The lowest BCUT2D eigenvalue weighted by Crippen LogP contribution is -2.43. The number of methoxy groups -OCH3 is 1. The van der Waals surface area contributed by atoms with Gasteiger partial charge < -0.3 is 10.5 Å². The molecule has 0 aliphatic carbocycles. The average Bonchev–Trinajstić information content (AvgIpc) is 2.42. The number of piperidine rings is 1. The van der Waals surface area contributed by atoms with Crippen LogP contribution in [-0.4, -0.2) is 29.1 Å². The van der Waals surface area contributed by atoms with Crippen LogP contribution < -0.4 is 10.5 Å². The molecule has 0 saturated carbocycles. The molecule has 1 aromatic rings. The highest BCUT2D eigenvalue weighted by Crippen LogP contribution is 2.28. The van der Waals surface area contributed by atoms with Crippen molar-refractivity contribution in [2.45, 2.75) is 51.7 Å². The fourth-order valence-electron chi connectivity index (χ4n) is 3.04. The van der Waals surface area contributed by atoms with Gasteiger partial charge in [0.1, 0.15) is 10.7 Å². The molecule has 0 aromatic heterocycles. The van der Waals surface area contributed by atoms with Crippen LogP contribution in [0.3, 0.4) is 0 Å². The van der Waals surface area contributed by atoms with Crippen LogP contribution >= 0.6 is 12.2 Å². The summed E-state index contributed by atoms with van der Waals surface area (Å²) in [5.41, 5.74) is 7.81. The molecule has 0 amide bonds. The van der Waals surface area contributed by atoms with Crippen molar-refractivity contribution in [2.75, 3.05) is 7.11 Å². The van der Waals surface area contributed by atoms with Crippen molar-refractivity contribution in [1.82, 2.24) is 4.90 Å². The lowest BCUT2D eigenvalue weighted by molar-refractivity contribution is 0.0943. The van der Waals surface area contributed by atoms with E-state index < -0.39 is 0 Å². The summed E-state index contributed by atoms with van der Waals surface area (Å²) in [5.74, 6) is 0.912. The van der Waals surface area contributed by atoms with Gasteiger partial charge in [0.15, 0.2) is 0 Å². The van der Waals surface area contributed by atoms with Crippen LogP contribution in [0.2, 0.25) is 0 Å². The molecule has 0 unspecified atom stereocenters. The van der Waals surface area contributed by atoms with Gasteiger partial charge in [-0.2, -0.15) is 0 Å². The number of rotatable bonds is 4. The van der Waals surface area contributed by atoms with Gasteiger partial charge in [-0.25, -0.2) is 0 Å². The zero-order valence-corrected chi connectivity index (χ0v) is 13.4. The van der Waals surface area contributed by atoms with E-state index in [-0.39, 0.29) is 0 Å². The molecule has 1 aliphatic rings. The van der Waals surface area contributed by atoms with Crippen molar-refractivity contribution in [3.8, 4) is 5.75 Å². The van der Waals surface area contributed by atoms with Crippen LogP contribution in [0.15, 0.2) is 18.2 Å². The standard InChI is InChI=1S/C16H24N2OS/c1-11-5-4-6-12(2)18(11)10-14-9-13(16(17)20)7-8-15(14)19-3/h7-9,11-12H,4-6,10H2,1-3H3,(H2,17,20)/t11-,12+. The molecule has 0 radical (unpaired) electrons. The molecule has 1 saturated heterocycles. The van der Waals surface area contributed by atoms with E-state index in [1.54, 1.807) is 7.11 Å². The largest absolute Gasteiger partial charge is 0.496 e. The number of nitrogens with two attached hydrogens (primary N) is 1. The Morgan fingerprint density at radius 2 is 2.00 bits per heavy atom. The van der Waals surface area contributed by atoms with Crippen molar-refractivity contribution in [2.24, 2.45) is 5.73 Å². The lowest BCUT2D eigenvalue weighted by Gasteiger charge is -2.39. The van der Waals surface area contributed by atoms with E-state index in [0.29, 0.717) is 17.1 Å². The molecule has 1 fully saturated rings. The summed E-state index contributed by atoms with van der Waals surface area (Å²) < 4.78 is 5.48. The second kappa shape index (κ2) is 6.55. The van der Waals surface area contributed by atoms with Gasteiger partial charge in [-0.05, 0) is 44.9 Å². The van der Waals surface area contributed by atoms with E-state index in [1.165, 1.54) is 24.8 Å². The van der Waals surface area contributed by atoms with Crippen LogP contribution in [0.4, 0.5) is 0 Å². The first kappa shape index (κ1) is 15.3. The summed E-state index contributed by atoms with van der Waals surface area (Å²) in [4.78, 5) is 2.98. The van der Waals surface area contributed by atoms with Crippen molar-refractivity contribution in [3.63, 3.8) is 0 Å². The number of benzene rings is 1. The van der Waals surface area contributed by atoms with E-state index >= 15 is 0 Å². The minimum atomic E-state index is 0.439. The van der Waals surface area contributed by atoms with Gasteiger partial charge in [0.05, 0.1) is 7.11 Å². The van der Waals surface area contributed by atoms with Gasteiger partial charge in [0.25, 0.3) is 0 Å². The van der Waals surface area contributed by atoms with Gasteiger partial charge >= 0.3 is 0 Å². The Kier molecular flexibility index (Phi) is 5.00. The number of hydrogen-bond acceptors (Lipinski definition) is 3. The third-order valence-corrected chi connectivity index (χ3v) is 4.53. The van der Waals surface area contributed by atoms with Gasteiger partial charge in [0.2, 0.25) is 0 Å². The van der Waals surface area contributed by atoms with Gasteiger partial charge in [-0.3, -0.25) is 4.90 Å². The Morgan fingerprint density at radius 1 is 1.35 bits per heavy atom. The molecule has 4 heteroatoms. The van der Waals surface area contributed by atoms with Crippen molar-refractivity contribution < 1.29 is 4.74 Å². The van der Waals surface area contributed by atoms with E-state index in [2.05, 4.69) is 24.8 Å². The Morgan fingerprint density at radius 3 is 2.55 bits per heavy atom. The summed E-state index contributed by atoms with van der Waals surface area (Å²) in [6, 6.07) is 7.17. The molecule has 0 bridgehead atoms. The number of likely N-dealkylation sites (tertiary alicyclic amines) is 1. The normalized spacial score (nSPS) is 23.6. The predicted octanol–water partition coefficient (Wildman–Crippen LogP) is 3.09. The number of hydrogen-bond donors (Lipinski definition) is 1. The molecule has 20 heavy (non-hydrogen) atoms. The van der Waals surface area contributed by atoms with Crippen LogP contribution in [-0.2, 0) is 6.54 Å². The summed E-state index contributed by atoms with van der Waals surface area (Å²) in [6.45, 7) is 5.50. The topological polar surface area (TPSA) is 38.5 Å². The predicted molar refractivity (Wildman–Crippen MR) is 87.2 cm³/mol. The highest BCUT2D eigenvalue weighted by Gasteiger charge is 2.25. The van der Waals surface area contributed by atoms with E-state index in [0.717, 1.165) is 17.9 Å². The maximum Gasteiger partial charge on any atom is 0.123 e.